The number of furan rings is 1. The second kappa shape index (κ2) is 7.18. The number of nitrogens with one attached hydrogen (secondary N) is 2. The van der Waals surface area contributed by atoms with Crippen LogP contribution in [0.2, 0.25) is 0 Å². The molecule has 29 heavy (non-hydrogen) atoms. The van der Waals surface area contributed by atoms with Gasteiger partial charge in [0.15, 0.2) is 5.76 Å². The molecule has 0 atom stereocenters. The molecule has 0 saturated heterocycles. The highest BCUT2D eigenvalue weighted by Crippen LogP contribution is 2.29. The number of amides is 2. The molecular formula is C22H17N3O3S. The van der Waals surface area contributed by atoms with E-state index >= 15 is 0 Å². The average molecular weight is 403 g/mol. The summed E-state index contributed by atoms with van der Waals surface area (Å²) in [6, 6.07) is 14.8. The summed E-state index contributed by atoms with van der Waals surface area (Å²) in [5.74, 6) is 0.143. The molecule has 1 saturated carbocycles. The number of para-hydroxylation sites is 1. The molecular weight excluding hydrogens is 386 g/mol. The second-order valence-electron chi connectivity index (χ2n) is 6.91. The average Bonchev–Trinajstić information content (AvgIpc) is 3.20. The molecule has 2 amide bonds. The Morgan fingerprint density at radius 1 is 1.03 bits per heavy atom. The summed E-state index contributed by atoms with van der Waals surface area (Å²) in [5, 5.41) is 8.94. The van der Waals surface area contributed by atoms with Crippen LogP contribution in [0.1, 0.15) is 33.6 Å². The van der Waals surface area contributed by atoms with Gasteiger partial charge in [0.1, 0.15) is 10.7 Å². The molecule has 0 spiro atoms. The van der Waals surface area contributed by atoms with Crippen LogP contribution in [0.4, 0.5) is 5.00 Å². The Hall–Kier alpha value is -3.45. The number of anilines is 1. The van der Waals surface area contributed by atoms with Gasteiger partial charge in [-0.25, -0.2) is 4.98 Å². The lowest BCUT2D eigenvalue weighted by Crippen LogP contribution is -2.26. The van der Waals surface area contributed by atoms with Crippen molar-refractivity contribution in [3.8, 4) is 11.5 Å². The lowest BCUT2D eigenvalue weighted by molar-refractivity contribution is 0.0952. The van der Waals surface area contributed by atoms with Gasteiger partial charge in [-0.1, -0.05) is 18.2 Å². The summed E-state index contributed by atoms with van der Waals surface area (Å²) in [7, 11) is 0. The highest BCUT2D eigenvalue weighted by atomic mass is 32.1. The van der Waals surface area contributed by atoms with E-state index in [0.29, 0.717) is 33.1 Å². The SMILES string of the molecule is O=C(NC1CC1)c1ccsc1NC(=O)c1cc(-c2ccco2)nc2ccccc12. The van der Waals surface area contributed by atoms with Crippen molar-refractivity contribution in [3.05, 3.63) is 71.3 Å². The van der Waals surface area contributed by atoms with Crippen molar-refractivity contribution in [2.75, 3.05) is 5.32 Å². The predicted octanol–water partition coefficient (Wildman–Crippen LogP) is 4.70. The summed E-state index contributed by atoms with van der Waals surface area (Å²) in [4.78, 5) is 30.2. The predicted molar refractivity (Wildman–Crippen MR) is 112 cm³/mol. The Balaban J connectivity index is 1.50. The fourth-order valence-corrected chi connectivity index (χ4v) is 3.94. The van der Waals surface area contributed by atoms with Crippen LogP contribution in [0.3, 0.4) is 0 Å². The number of nitrogens with zero attached hydrogens (tertiary/aromatic N) is 1. The van der Waals surface area contributed by atoms with Crippen LogP contribution in [0.25, 0.3) is 22.4 Å². The van der Waals surface area contributed by atoms with Crippen molar-refractivity contribution in [2.24, 2.45) is 0 Å². The van der Waals surface area contributed by atoms with Crippen molar-refractivity contribution < 1.29 is 14.0 Å². The minimum absolute atomic E-state index is 0.153. The molecule has 6 nitrogen and oxygen atoms in total. The molecule has 0 bridgehead atoms. The van der Waals surface area contributed by atoms with Crippen molar-refractivity contribution >= 4 is 39.1 Å². The number of fused-ring (bicyclic) bond motifs is 1. The third-order valence-electron chi connectivity index (χ3n) is 4.78. The van der Waals surface area contributed by atoms with E-state index in [4.69, 9.17) is 4.42 Å². The van der Waals surface area contributed by atoms with E-state index in [1.54, 1.807) is 35.9 Å². The van der Waals surface area contributed by atoms with Crippen molar-refractivity contribution in [1.29, 1.82) is 0 Å². The van der Waals surface area contributed by atoms with Gasteiger partial charge in [0.25, 0.3) is 11.8 Å². The number of pyridine rings is 1. The minimum atomic E-state index is -0.292. The molecule has 1 aromatic carbocycles. The van der Waals surface area contributed by atoms with Gasteiger partial charge >= 0.3 is 0 Å². The lowest BCUT2D eigenvalue weighted by Gasteiger charge is -2.10. The van der Waals surface area contributed by atoms with Crippen LogP contribution in [-0.4, -0.2) is 22.8 Å². The van der Waals surface area contributed by atoms with Crippen LogP contribution < -0.4 is 10.6 Å². The fraction of sp³-hybridized carbons (Fsp3) is 0.136. The first-order chi connectivity index (χ1) is 14.2. The van der Waals surface area contributed by atoms with E-state index in [9.17, 15) is 9.59 Å². The number of benzene rings is 1. The molecule has 3 aromatic heterocycles. The Bertz CT molecular complexity index is 1210. The van der Waals surface area contributed by atoms with Crippen LogP contribution in [0.15, 0.2) is 64.6 Å². The topological polar surface area (TPSA) is 84.2 Å². The summed E-state index contributed by atoms with van der Waals surface area (Å²) in [5.41, 5.74) is 2.24. The minimum Gasteiger partial charge on any atom is -0.463 e. The molecule has 4 aromatic rings. The van der Waals surface area contributed by atoms with Crippen molar-refractivity contribution in [2.45, 2.75) is 18.9 Å². The van der Waals surface area contributed by atoms with Gasteiger partial charge in [-0.15, -0.1) is 11.3 Å². The third-order valence-corrected chi connectivity index (χ3v) is 5.61. The Labute approximate surface area is 170 Å². The molecule has 1 aliphatic rings. The largest absolute Gasteiger partial charge is 0.463 e. The first-order valence-electron chi connectivity index (χ1n) is 9.32. The highest BCUT2D eigenvalue weighted by molar-refractivity contribution is 7.14. The summed E-state index contributed by atoms with van der Waals surface area (Å²) in [6.07, 6.45) is 3.59. The number of hydrogen-bond donors (Lipinski definition) is 2. The molecule has 5 rings (SSSR count). The Morgan fingerprint density at radius 3 is 2.69 bits per heavy atom. The van der Waals surface area contributed by atoms with E-state index in [1.165, 1.54) is 11.3 Å². The zero-order valence-corrected chi connectivity index (χ0v) is 16.2. The van der Waals surface area contributed by atoms with E-state index < -0.39 is 0 Å². The van der Waals surface area contributed by atoms with Gasteiger partial charge in [0.05, 0.1) is 22.9 Å². The van der Waals surface area contributed by atoms with Crippen LogP contribution in [0, 0.1) is 0 Å². The van der Waals surface area contributed by atoms with Gasteiger partial charge in [0, 0.05) is 11.4 Å². The van der Waals surface area contributed by atoms with Crippen LogP contribution in [-0.2, 0) is 0 Å². The van der Waals surface area contributed by atoms with Gasteiger partial charge in [-0.3, -0.25) is 9.59 Å². The van der Waals surface area contributed by atoms with Gasteiger partial charge in [-0.2, -0.15) is 0 Å². The van der Waals surface area contributed by atoms with Gasteiger partial charge in [0.2, 0.25) is 0 Å². The highest BCUT2D eigenvalue weighted by Gasteiger charge is 2.26. The maximum Gasteiger partial charge on any atom is 0.257 e. The van der Waals surface area contributed by atoms with E-state index in [0.717, 1.165) is 18.2 Å². The monoisotopic (exact) mass is 403 g/mol. The Morgan fingerprint density at radius 2 is 1.90 bits per heavy atom. The summed E-state index contributed by atoms with van der Waals surface area (Å²) in [6.45, 7) is 0. The molecule has 0 unspecified atom stereocenters. The molecule has 1 fully saturated rings. The van der Waals surface area contributed by atoms with Gasteiger partial charge < -0.3 is 15.1 Å². The number of thiophene rings is 1. The molecule has 3 heterocycles. The van der Waals surface area contributed by atoms with Crippen molar-refractivity contribution in [3.63, 3.8) is 0 Å². The smallest absolute Gasteiger partial charge is 0.257 e. The standard InChI is InChI=1S/C22H17N3O3S/c26-20(23-13-7-8-13)15-9-11-29-22(15)25-21(27)16-12-18(19-6-3-10-28-19)24-17-5-2-1-4-14(16)17/h1-6,9-13H,7-8H2,(H,23,26)(H,25,27). The molecule has 0 radical (unpaired) electrons. The molecule has 144 valence electrons. The van der Waals surface area contributed by atoms with E-state index in [1.807, 2.05) is 24.3 Å². The first kappa shape index (κ1) is 17.6. The molecule has 1 aliphatic carbocycles. The molecule has 2 N–H and O–H groups in total. The lowest BCUT2D eigenvalue weighted by atomic mass is 10.1. The maximum atomic E-state index is 13.2. The van der Waals surface area contributed by atoms with Gasteiger partial charge in [-0.05, 0) is 48.6 Å². The summed E-state index contributed by atoms with van der Waals surface area (Å²) >= 11 is 1.33. The number of rotatable bonds is 5. The number of aromatic nitrogens is 1. The van der Waals surface area contributed by atoms with Crippen molar-refractivity contribution in [1.82, 2.24) is 10.3 Å². The molecule has 7 heteroatoms. The normalized spacial score (nSPS) is 13.4. The molecule has 0 aliphatic heterocycles. The van der Waals surface area contributed by atoms with E-state index in [2.05, 4.69) is 15.6 Å². The van der Waals surface area contributed by atoms with Crippen LogP contribution >= 0.6 is 11.3 Å². The number of carbonyl (C=O) groups is 2. The fourth-order valence-electron chi connectivity index (χ4n) is 3.16. The zero-order valence-electron chi connectivity index (χ0n) is 15.3. The quantitative estimate of drug-likeness (QED) is 0.506. The van der Waals surface area contributed by atoms with E-state index in [-0.39, 0.29) is 17.9 Å². The summed E-state index contributed by atoms with van der Waals surface area (Å²) < 4.78 is 5.46. The number of hydrogen-bond acceptors (Lipinski definition) is 5. The zero-order chi connectivity index (χ0) is 19.8. The Kier molecular flexibility index (Phi) is 4.37. The number of carbonyl (C=O) groups excluding carboxylic acids is 2. The third kappa shape index (κ3) is 3.52. The first-order valence-corrected chi connectivity index (χ1v) is 10.2. The van der Waals surface area contributed by atoms with Crippen LogP contribution in [0.5, 0.6) is 0 Å². The maximum absolute atomic E-state index is 13.2. The second-order valence-corrected chi connectivity index (χ2v) is 7.83.